The van der Waals surface area contributed by atoms with Gasteiger partial charge in [-0.2, -0.15) is 0 Å². The fraction of sp³-hybridized carbons (Fsp3) is 0.211. The molecule has 0 aliphatic heterocycles. The van der Waals surface area contributed by atoms with Crippen molar-refractivity contribution >= 4 is 32.8 Å². The van der Waals surface area contributed by atoms with Crippen molar-refractivity contribution in [3.05, 3.63) is 85.0 Å². The molecule has 0 aliphatic rings. The average molecular weight is 681 g/mol. The molecular weight excluding hydrogens is 669 g/mol. The summed E-state index contributed by atoms with van der Waals surface area (Å²) < 4.78 is 80.3. The van der Waals surface area contributed by atoms with Crippen molar-refractivity contribution in [2.75, 3.05) is 0 Å². The molecule has 0 saturated carbocycles. The molecule has 2 nitrogen and oxygen atoms in total. The van der Waals surface area contributed by atoms with Crippen LogP contribution in [0.2, 0.25) is 10.3 Å². The summed E-state index contributed by atoms with van der Waals surface area (Å²) in [6.45, 7) is 0.282. The third kappa shape index (κ3) is 5.57. The van der Waals surface area contributed by atoms with Gasteiger partial charge in [0.1, 0.15) is 0 Å². The molecule has 0 aliphatic carbocycles. The Morgan fingerprint density at radius 3 is 1.23 bits per heavy atom. The summed E-state index contributed by atoms with van der Waals surface area (Å²) >= 11 is 11.4. The Bertz CT molecular complexity index is 1040. The van der Waals surface area contributed by atoms with Crippen LogP contribution in [0.15, 0.2) is 48.5 Å². The van der Waals surface area contributed by atoms with Gasteiger partial charge in [-0.15, -0.1) is 0 Å². The van der Waals surface area contributed by atoms with Crippen LogP contribution in [0.25, 0.3) is 0 Å². The Labute approximate surface area is 194 Å². The number of imidazole rings is 1. The molecule has 3 aromatic rings. The van der Waals surface area contributed by atoms with Crippen LogP contribution >= 0.6 is 32.8 Å². The molecule has 0 amide bonds. The molecule has 0 radical (unpaired) electrons. The second-order valence-electron chi connectivity index (χ2n) is 6.46. The minimum absolute atomic E-state index is 0.141. The Morgan fingerprint density at radius 2 is 0.968 bits per heavy atom. The number of nitrogens with zero attached hydrogens (tertiary/aromatic N) is 2. The van der Waals surface area contributed by atoms with Gasteiger partial charge >= 0.3 is 195 Å². The van der Waals surface area contributed by atoms with Gasteiger partial charge in [0, 0.05) is 0 Å². The van der Waals surface area contributed by atoms with Gasteiger partial charge in [0.2, 0.25) is 0 Å². The van der Waals surface area contributed by atoms with E-state index in [1.165, 1.54) is 24.3 Å². The first kappa shape index (κ1) is 24.4. The van der Waals surface area contributed by atoms with Gasteiger partial charge in [0.05, 0.1) is 0 Å². The van der Waals surface area contributed by atoms with Gasteiger partial charge in [-0.05, 0) is 0 Å². The van der Waals surface area contributed by atoms with E-state index >= 15 is 0 Å². The van der Waals surface area contributed by atoms with Crippen molar-refractivity contribution in [2.24, 2.45) is 0 Å². The van der Waals surface area contributed by atoms with Gasteiger partial charge in [-0.1, -0.05) is 0 Å². The monoisotopic (exact) mass is 680 g/mol. The molecule has 31 heavy (non-hydrogen) atoms. The molecule has 170 valence electrons. The van der Waals surface area contributed by atoms with Crippen LogP contribution in [0.1, 0.15) is 22.3 Å². The molecule has 0 unspecified atom stereocenters. The van der Waals surface area contributed by atoms with E-state index in [2.05, 4.69) is 0 Å². The van der Waals surface area contributed by atoms with Gasteiger partial charge in [0.25, 0.3) is 0 Å². The summed E-state index contributed by atoms with van der Waals surface area (Å²) in [6.07, 6.45) is -8.88. The molecule has 1 heterocycles. The van der Waals surface area contributed by atoms with Gasteiger partial charge in [0.15, 0.2) is 0 Å². The number of aromatic nitrogens is 2. The Balaban J connectivity index is 1.92. The summed E-state index contributed by atoms with van der Waals surface area (Å²) in [5, 5.41) is 0.292. The van der Waals surface area contributed by atoms with Crippen LogP contribution in [0.4, 0.5) is 26.3 Å². The van der Waals surface area contributed by atoms with E-state index in [1.807, 2.05) is 0 Å². The maximum atomic E-state index is 12.8. The van der Waals surface area contributed by atoms with Crippen LogP contribution in [0.3, 0.4) is 0 Å². The van der Waals surface area contributed by atoms with E-state index in [1.54, 1.807) is 9.13 Å². The SMILES string of the molecule is FC(F)(F)c1ccc(Cn2c(Cl)c(Cl)n(Cc3ccc(C(F)(F)F)cc3)[c]2=[Ir][Cl])cc1. The second kappa shape index (κ2) is 9.32. The number of alkyl halides is 6. The molecule has 0 saturated heterocycles. The molecule has 0 N–H and O–H groups in total. The van der Waals surface area contributed by atoms with Crippen LogP contribution in [-0.4, -0.2) is 9.13 Å². The molecule has 1 aromatic heterocycles. The van der Waals surface area contributed by atoms with Crippen LogP contribution in [0, 0.1) is 3.93 Å². The summed E-state index contributed by atoms with van der Waals surface area (Å²) in [7, 11) is 6.19. The van der Waals surface area contributed by atoms with Crippen molar-refractivity contribution < 1.29 is 42.6 Å². The summed E-state index contributed by atoms with van der Waals surface area (Å²) in [5.74, 6) is 0. The molecule has 0 fully saturated rings. The first-order valence-electron chi connectivity index (χ1n) is 8.43. The number of rotatable bonds is 4. The topological polar surface area (TPSA) is 9.86 Å². The van der Waals surface area contributed by atoms with E-state index < -0.39 is 39.7 Å². The van der Waals surface area contributed by atoms with Gasteiger partial charge < -0.3 is 0 Å². The number of hydrogen-bond donors (Lipinski definition) is 0. The van der Waals surface area contributed by atoms with Crippen LogP contribution in [0.5, 0.6) is 0 Å². The predicted molar refractivity (Wildman–Crippen MR) is 103 cm³/mol. The number of hydrogen-bond acceptors (Lipinski definition) is 0. The summed E-state index contributed by atoms with van der Waals surface area (Å²) in [5.41, 5.74) is -0.421. The molecule has 0 atom stereocenters. The molecule has 3 rings (SSSR count). The van der Waals surface area contributed by atoms with Crippen molar-refractivity contribution in [3.8, 4) is 0 Å². The fourth-order valence-electron chi connectivity index (χ4n) is 2.82. The van der Waals surface area contributed by atoms with Crippen LogP contribution < -0.4 is 0 Å². The van der Waals surface area contributed by atoms with E-state index in [0.29, 0.717) is 15.1 Å². The zero-order chi connectivity index (χ0) is 23.0. The first-order valence-corrected chi connectivity index (χ1v) is 13.4. The quantitative estimate of drug-likeness (QED) is 0.253. The van der Waals surface area contributed by atoms with Gasteiger partial charge in [-0.3, -0.25) is 0 Å². The molecule has 0 spiro atoms. The molecule has 0 bridgehead atoms. The Hall–Kier alpha value is -1.25. The van der Waals surface area contributed by atoms with Crippen LogP contribution in [-0.2, 0) is 41.7 Å². The number of benzene rings is 2. The van der Waals surface area contributed by atoms with E-state index in [9.17, 15) is 26.3 Å². The first-order chi connectivity index (χ1) is 14.4. The van der Waals surface area contributed by atoms with Crippen molar-refractivity contribution in [1.82, 2.24) is 9.13 Å². The maximum absolute atomic E-state index is 12.8. The third-order valence-corrected chi connectivity index (χ3v) is 7.85. The van der Waals surface area contributed by atoms with Crippen molar-refractivity contribution in [3.63, 3.8) is 0 Å². The Kier molecular flexibility index (Phi) is 7.33. The minimum atomic E-state index is -4.44. The molecule has 2 aromatic carbocycles. The zero-order valence-corrected chi connectivity index (χ0v) is 19.8. The summed E-state index contributed by atoms with van der Waals surface area (Å²) in [6, 6.07) is 9.25. The van der Waals surface area contributed by atoms with Gasteiger partial charge in [-0.25, -0.2) is 0 Å². The number of halogens is 9. The fourth-order valence-corrected chi connectivity index (χ4v) is 6.13. The standard InChI is InChI=1S/C19H12Cl2F6N2.ClH.Ir/c20-16-17(21)29(10-13-3-7-15(8-4-13)19(25,26)27)11-28(16)9-12-1-5-14(6-2-12)18(22,23)24;;/h1-8H,9-10H2;1H;/q;;+1/p-1. The Morgan fingerprint density at radius 1 is 0.645 bits per heavy atom. The molecular formula is C19H12Cl3F6IrN2. The predicted octanol–water partition coefficient (Wildman–Crippen LogP) is 7.50. The second-order valence-corrected chi connectivity index (χ2v) is 9.73. The van der Waals surface area contributed by atoms with E-state index in [0.717, 1.165) is 24.3 Å². The van der Waals surface area contributed by atoms with E-state index in [4.69, 9.17) is 32.8 Å². The van der Waals surface area contributed by atoms with E-state index in [-0.39, 0.29) is 23.4 Å². The average Bonchev–Trinajstić information content (AvgIpc) is 2.91. The zero-order valence-electron chi connectivity index (χ0n) is 15.2. The third-order valence-electron chi connectivity index (χ3n) is 4.37. The van der Waals surface area contributed by atoms with Crippen molar-refractivity contribution in [1.29, 1.82) is 0 Å². The summed E-state index contributed by atoms with van der Waals surface area (Å²) in [4.78, 5) is 0. The van der Waals surface area contributed by atoms with Crippen molar-refractivity contribution in [2.45, 2.75) is 25.4 Å². The normalized spacial score (nSPS) is 12.5. The molecule has 12 heteroatoms.